The van der Waals surface area contributed by atoms with E-state index in [0.29, 0.717) is 5.56 Å². The average Bonchev–Trinajstić information content (AvgIpc) is 2.28. The van der Waals surface area contributed by atoms with Gasteiger partial charge in [-0.1, -0.05) is 13.0 Å². The molecule has 1 amide bonds. The fourth-order valence-corrected chi connectivity index (χ4v) is 1.94. The Morgan fingerprint density at radius 3 is 2.59 bits per heavy atom. The average molecular weight is 255 g/mol. The second kappa shape index (κ2) is 5.31. The zero-order valence-electron chi connectivity index (χ0n) is 10.2. The molecule has 5 heteroatoms. The van der Waals surface area contributed by atoms with Gasteiger partial charge in [-0.3, -0.25) is 4.79 Å². The van der Waals surface area contributed by atoms with Gasteiger partial charge in [-0.2, -0.15) is 0 Å². The van der Waals surface area contributed by atoms with Gasteiger partial charge in [0.15, 0.2) is 9.84 Å². The predicted octanol–water partition coefficient (Wildman–Crippen LogP) is 1.62. The molecular weight excluding hydrogens is 238 g/mol. The summed E-state index contributed by atoms with van der Waals surface area (Å²) in [4.78, 5) is 11.9. The molecule has 0 aliphatic carbocycles. The number of amides is 1. The first kappa shape index (κ1) is 13.7. The van der Waals surface area contributed by atoms with E-state index in [1.54, 1.807) is 12.1 Å². The molecule has 1 aromatic rings. The zero-order chi connectivity index (χ0) is 13.1. The van der Waals surface area contributed by atoms with Crippen molar-refractivity contribution in [1.82, 2.24) is 5.32 Å². The summed E-state index contributed by atoms with van der Waals surface area (Å²) < 4.78 is 22.7. The number of sulfone groups is 1. The van der Waals surface area contributed by atoms with Crippen LogP contribution in [0.4, 0.5) is 0 Å². The van der Waals surface area contributed by atoms with E-state index in [1.165, 1.54) is 12.1 Å². The first-order valence-corrected chi connectivity index (χ1v) is 7.34. The minimum atomic E-state index is -3.27. The molecule has 0 aromatic heterocycles. The van der Waals surface area contributed by atoms with Crippen molar-refractivity contribution in [2.24, 2.45) is 0 Å². The highest BCUT2D eigenvalue weighted by molar-refractivity contribution is 7.90. The Hall–Kier alpha value is -1.36. The van der Waals surface area contributed by atoms with E-state index in [9.17, 15) is 13.2 Å². The summed E-state index contributed by atoms with van der Waals surface area (Å²) in [7, 11) is -3.27. The van der Waals surface area contributed by atoms with E-state index < -0.39 is 9.84 Å². The quantitative estimate of drug-likeness (QED) is 0.889. The molecular formula is C12H17NO3S. The molecule has 1 atom stereocenters. The predicted molar refractivity (Wildman–Crippen MR) is 66.8 cm³/mol. The van der Waals surface area contributed by atoms with Crippen LogP contribution >= 0.6 is 0 Å². The minimum absolute atomic E-state index is 0.0735. The van der Waals surface area contributed by atoms with Gasteiger partial charge in [-0.25, -0.2) is 8.42 Å². The standard InChI is InChI=1S/C12H17NO3S/c1-4-9(2)13-12(14)10-6-5-7-11(8-10)17(3,15)16/h5-9H,4H2,1-3H3,(H,13,14). The fourth-order valence-electron chi connectivity index (χ4n) is 1.28. The molecule has 0 spiro atoms. The largest absolute Gasteiger partial charge is 0.350 e. The lowest BCUT2D eigenvalue weighted by molar-refractivity contribution is 0.0939. The summed E-state index contributed by atoms with van der Waals surface area (Å²) in [5.74, 6) is -0.246. The molecule has 0 bridgehead atoms. The molecule has 1 unspecified atom stereocenters. The Kier molecular flexibility index (Phi) is 4.28. The van der Waals surface area contributed by atoms with E-state index in [1.807, 2.05) is 13.8 Å². The first-order valence-electron chi connectivity index (χ1n) is 5.45. The van der Waals surface area contributed by atoms with Crippen molar-refractivity contribution in [1.29, 1.82) is 0 Å². The molecule has 4 nitrogen and oxygen atoms in total. The molecule has 94 valence electrons. The van der Waals surface area contributed by atoms with Gasteiger partial charge in [0.25, 0.3) is 5.91 Å². The Morgan fingerprint density at radius 1 is 1.41 bits per heavy atom. The van der Waals surface area contributed by atoms with Crippen LogP contribution in [-0.4, -0.2) is 26.6 Å². The number of benzene rings is 1. The number of carbonyl (C=O) groups excluding carboxylic acids is 1. The molecule has 0 radical (unpaired) electrons. The van der Waals surface area contributed by atoms with Crippen LogP contribution in [0.2, 0.25) is 0 Å². The highest BCUT2D eigenvalue weighted by Gasteiger charge is 2.12. The van der Waals surface area contributed by atoms with Crippen LogP contribution in [0.3, 0.4) is 0 Å². The van der Waals surface area contributed by atoms with Crippen molar-refractivity contribution in [3.05, 3.63) is 29.8 Å². The van der Waals surface area contributed by atoms with Crippen molar-refractivity contribution >= 4 is 15.7 Å². The summed E-state index contributed by atoms with van der Waals surface area (Å²) in [6.07, 6.45) is 1.95. The van der Waals surface area contributed by atoms with E-state index >= 15 is 0 Å². The smallest absolute Gasteiger partial charge is 0.251 e. The van der Waals surface area contributed by atoms with Crippen LogP contribution in [0.1, 0.15) is 30.6 Å². The van der Waals surface area contributed by atoms with Crippen LogP contribution in [0.15, 0.2) is 29.2 Å². The lowest BCUT2D eigenvalue weighted by atomic mass is 10.2. The van der Waals surface area contributed by atoms with Crippen molar-refractivity contribution in [3.63, 3.8) is 0 Å². The second-order valence-electron chi connectivity index (χ2n) is 4.08. The van der Waals surface area contributed by atoms with Crippen LogP contribution in [0.25, 0.3) is 0 Å². The van der Waals surface area contributed by atoms with Gasteiger partial charge in [0.2, 0.25) is 0 Å². The van der Waals surface area contributed by atoms with Gasteiger partial charge in [-0.15, -0.1) is 0 Å². The third kappa shape index (κ3) is 3.85. The molecule has 0 fully saturated rings. The third-order valence-corrected chi connectivity index (χ3v) is 3.62. The number of rotatable bonds is 4. The van der Waals surface area contributed by atoms with Crippen LogP contribution in [-0.2, 0) is 9.84 Å². The topological polar surface area (TPSA) is 63.2 Å². The second-order valence-corrected chi connectivity index (χ2v) is 6.10. The lowest BCUT2D eigenvalue weighted by Crippen LogP contribution is -2.31. The zero-order valence-corrected chi connectivity index (χ0v) is 11.0. The Balaban J connectivity index is 2.97. The summed E-state index contributed by atoms with van der Waals surface area (Å²) in [5, 5.41) is 2.79. The van der Waals surface area contributed by atoms with Gasteiger partial charge in [0, 0.05) is 17.9 Å². The summed E-state index contributed by atoms with van der Waals surface area (Å²) in [5.41, 5.74) is 0.369. The molecule has 0 aliphatic rings. The van der Waals surface area contributed by atoms with Gasteiger partial charge in [-0.05, 0) is 31.5 Å². The van der Waals surface area contributed by atoms with Crippen molar-refractivity contribution < 1.29 is 13.2 Å². The van der Waals surface area contributed by atoms with Gasteiger partial charge < -0.3 is 5.32 Å². The maximum absolute atomic E-state index is 11.8. The molecule has 1 rings (SSSR count). The maximum atomic E-state index is 11.8. The summed E-state index contributed by atoms with van der Waals surface area (Å²) >= 11 is 0. The molecule has 0 heterocycles. The van der Waals surface area contributed by atoms with Crippen LogP contribution < -0.4 is 5.32 Å². The first-order chi connectivity index (χ1) is 7.84. The number of hydrogen-bond acceptors (Lipinski definition) is 3. The summed E-state index contributed by atoms with van der Waals surface area (Å²) in [6.45, 7) is 3.87. The normalized spacial score (nSPS) is 13.1. The van der Waals surface area contributed by atoms with Gasteiger partial charge in [0.1, 0.15) is 0 Å². The molecule has 17 heavy (non-hydrogen) atoms. The Bertz CT molecular complexity index is 508. The van der Waals surface area contributed by atoms with Crippen molar-refractivity contribution in [2.45, 2.75) is 31.2 Å². The molecule has 0 aliphatic heterocycles. The van der Waals surface area contributed by atoms with Gasteiger partial charge in [0.05, 0.1) is 4.90 Å². The minimum Gasteiger partial charge on any atom is -0.350 e. The van der Waals surface area contributed by atoms with E-state index in [4.69, 9.17) is 0 Å². The van der Waals surface area contributed by atoms with Gasteiger partial charge >= 0.3 is 0 Å². The van der Waals surface area contributed by atoms with Crippen molar-refractivity contribution in [2.75, 3.05) is 6.26 Å². The summed E-state index contributed by atoms with van der Waals surface area (Å²) in [6, 6.07) is 6.13. The van der Waals surface area contributed by atoms with E-state index in [2.05, 4.69) is 5.32 Å². The number of hydrogen-bond donors (Lipinski definition) is 1. The Labute approximate surface area is 102 Å². The fraction of sp³-hybridized carbons (Fsp3) is 0.417. The Morgan fingerprint density at radius 2 is 2.06 bits per heavy atom. The van der Waals surface area contributed by atoms with Crippen LogP contribution in [0, 0.1) is 0 Å². The molecule has 0 saturated carbocycles. The van der Waals surface area contributed by atoms with E-state index in [0.717, 1.165) is 12.7 Å². The lowest BCUT2D eigenvalue weighted by Gasteiger charge is -2.11. The number of carbonyl (C=O) groups is 1. The third-order valence-electron chi connectivity index (χ3n) is 2.51. The highest BCUT2D eigenvalue weighted by atomic mass is 32.2. The number of nitrogens with one attached hydrogen (secondary N) is 1. The molecule has 1 N–H and O–H groups in total. The highest BCUT2D eigenvalue weighted by Crippen LogP contribution is 2.11. The van der Waals surface area contributed by atoms with Crippen LogP contribution in [0.5, 0.6) is 0 Å². The molecule has 1 aromatic carbocycles. The SMILES string of the molecule is CCC(C)NC(=O)c1cccc(S(C)(=O)=O)c1. The van der Waals surface area contributed by atoms with E-state index in [-0.39, 0.29) is 16.8 Å². The maximum Gasteiger partial charge on any atom is 0.251 e. The molecule has 0 saturated heterocycles. The monoisotopic (exact) mass is 255 g/mol. The van der Waals surface area contributed by atoms with Crippen molar-refractivity contribution in [3.8, 4) is 0 Å².